The van der Waals surface area contributed by atoms with Crippen LogP contribution in [0.25, 0.3) is 0 Å². The number of carbonyl (C=O) groups is 1. The lowest BCUT2D eigenvalue weighted by Crippen LogP contribution is -2.22. The third kappa shape index (κ3) is 3.33. The Balaban J connectivity index is 0.00000196. The molecule has 1 fully saturated rings. The van der Waals surface area contributed by atoms with Gasteiger partial charge in [-0.15, -0.1) is 12.4 Å². The van der Waals surface area contributed by atoms with Gasteiger partial charge in [0.25, 0.3) is 0 Å². The van der Waals surface area contributed by atoms with Crippen molar-refractivity contribution in [2.24, 2.45) is 17.3 Å². The molecular formula is C8H11Br4ClO2. The van der Waals surface area contributed by atoms with Gasteiger partial charge in [-0.05, 0) is 11.3 Å². The molecule has 0 heterocycles. The van der Waals surface area contributed by atoms with Crippen LogP contribution < -0.4 is 0 Å². The Morgan fingerprint density at radius 2 is 1.80 bits per heavy atom. The largest absolute Gasteiger partial charge is 0.481 e. The Labute approximate surface area is 129 Å². The van der Waals surface area contributed by atoms with Crippen LogP contribution in [0, 0.1) is 17.3 Å². The molecule has 0 amide bonds. The van der Waals surface area contributed by atoms with E-state index in [0.29, 0.717) is 0 Å². The molecule has 90 valence electrons. The Bertz CT molecular complexity index is 264. The summed E-state index contributed by atoms with van der Waals surface area (Å²) in [5, 5.41) is 9.01. The van der Waals surface area contributed by atoms with E-state index in [4.69, 9.17) is 5.11 Å². The highest BCUT2D eigenvalue weighted by molar-refractivity contribution is 9.40. The number of hydrogen-bond acceptors (Lipinski definition) is 1. The second-order valence-electron chi connectivity index (χ2n) is 4.11. The van der Waals surface area contributed by atoms with Crippen LogP contribution in [0.5, 0.6) is 0 Å². The van der Waals surface area contributed by atoms with E-state index in [9.17, 15) is 4.79 Å². The molecule has 0 aliphatic heterocycles. The first kappa shape index (κ1) is 16.7. The lowest BCUT2D eigenvalue weighted by Gasteiger charge is -2.20. The van der Waals surface area contributed by atoms with Gasteiger partial charge in [-0.3, -0.25) is 4.79 Å². The number of aliphatic carboxylic acids is 1. The van der Waals surface area contributed by atoms with E-state index in [1.807, 2.05) is 13.8 Å². The first-order chi connectivity index (χ1) is 6.10. The van der Waals surface area contributed by atoms with Gasteiger partial charge in [0.15, 0.2) is 0 Å². The van der Waals surface area contributed by atoms with Crippen molar-refractivity contribution < 1.29 is 9.90 Å². The van der Waals surface area contributed by atoms with Crippen LogP contribution in [0.3, 0.4) is 0 Å². The maximum absolute atomic E-state index is 11.0. The molecule has 1 saturated carbocycles. The van der Waals surface area contributed by atoms with E-state index in [2.05, 4.69) is 63.7 Å². The number of alkyl halides is 4. The van der Waals surface area contributed by atoms with Gasteiger partial charge >= 0.3 is 5.97 Å². The predicted molar refractivity (Wildman–Crippen MR) is 77.9 cm³/mol. The molecule has 2 nitrogen and oxygen atoms in total. The fraction of sp³-hybridized carbons (Fsp3) is 0.875. The smallest absolute Gasteiger partial charge is 0.307 e. The van der Waals surface area contributed by atoms with Gasteiger partial charge in [0.2, 0.25) is 0 Å². The SMILES string of the molecule is CC1(C)C(C(=O)O)C1C(Br)C(Br)(Br)Br.Cl. The number of rotatable bonds is 2. The summed E-state index contributed by atoms with van der Waals surface area (Å²) in [5.74, 6) is -0.891. The second kappa shape index (κ2) is 5.12. The molecule has 0 aromatic rings. The average molecular weight is 494 g/mol. The van der Waals surface area contributed by atoms with Gasteiger partial charge in [0.05, 0.1) is 10.7 Å². The third-order valence-electron chi connectivity index (χ3n) is 2.80. The topological polar surface area (TPSA) is 37.3 Å². The molecule has 0 aromatic carbocycles. The Morgan fingerprint density at radius 3 is 2.00 bits per heavy atom. The maximum atomic E-state index is 11.0. The lowest BCUT2D eigenvalue weighted by atomic mass is 10.1. The molecule has 1 aliphatic rings. The van der Waals surface area contributed by atoms with Crippen molar-refractivity contribution >= 4 is 82.1 Å². The Kier molecular flexibility index (Phi) is 5.70. The van der Waals surface area contributed by atoms with Gasteiger partial charge in [0, 0.05) is 0 Å². The highest BCUT2D eigenvalue weighted by Gasteiger charge is 2.66. The first-order valence-electron chi connectivity index (χ1n) is 4.03. The fourth-order valence-corrected chi connectivity index (χ4v) is 3.74. The highest BCUT2D eigenvalue weighted by atomic mass is 80.0. The maximum Gasteiger partial charge on any atom is 0.307 e. The number of carboxylic acids is 1. The molecule has 1 N–H and O–H groups in total. The van der Waals surface area contributed by atoms with Crippen LogP contribution in [0.2, 0.25) is 0 Å². The van der Waals surface area contributed by atoms with Crippen LogP contribution in [0.15, 0.2) is 0 Å². The molecule has 1 rings (SSSR count). The van der Waals surface area contributed by atoms with E-state index in [1.165, 1.54) is 0 Å². The minimum atomic E-state index is -0.721. The van der Waals surface area contributed by atoms with Gasteiger partial charge < -0.3 is 5.11 Å². The van der Waals surface area contributed by atoms with Crippen molar-refractivity contribution in [3.8, 4) is 0 Å². The molecule has 15 heavy (non-hydrogen) atoms. The summed E-state index contributed by atoms with van der Waals surface area (Å²) in [6.45, 7) is 3.95. The molecule has 7 heteroatoms. The van der Waals surface area contributed by atoms with Crippen LogP contribution in [-0.2, 0) is 4.79 Å². The quantitative estimate of drug-likeness (QED) is 0.580. The van der Waals surface area contributed by atoms with E-state index in [1.54, 1.807) is 0 Å². The zero-order valence-corrected chi connectivity index (χ0v) is 15.2. The molecule has 1 aliphatic carbocycles. The number of carboxylic acid groups (broad SMARTS) is 1. The molecule has 3 unspecified atom stereocenters. The summed E-state index contributed by atoms with van der Waals surface area (Å²) in [5.41, 5.74) is -0.152. The second-order valence-corrected chi connectivity index (χ2v) is 12.0. The molecule has 0 spiro atoms. The monoisotopic (exact) mass is 490 g/mol. The van der Waals surface area contributed by atoms with Crippen LogP contribution in [-0.4, -0.2) is 18.0 Å². The van der Waals surface area contributed by atoms with Crippen LogP contribution in [0.4, 0.5) is 0 Å². The zero-order chi connectivity index (χ0) is 11.3. The summed E-state index contributed by atoms with van der Waals surface area (Å²) < 4.78 is -0.445. The Hall–Kier alpha value is 1.68. The van der Waals surface area contributed by atoms with Crippen molar-refractivity contribution in [2.45, 2.75) is 20.8 Å². The van der Waals surface area contributed by atoms with E-state index in [-0.39, 0.29) is 34.5 Å². The summed E-state index contributed by atoms with van der Waals surface area (Å²) in [6.07, 6.45) is 0. The van der Waals surface area contributed by atoms with E-state index < -0.39 is 8.11 Å². The van der Waals surface area contributed by atoms with Gasteiger partial charge in [0.1, 0.15) is 2.14 Å². The fourth-order valence-electron chi connectivity index (χ4n) is 1.90. The summed E-state index contributed by atoms with van der Waals surface area (Å²) >= 11 is 13.7. The lowest BCUT2D eigenvalue weighted by molar-refractivity contribution is -0.139. The van der Waals surface area contributed by atoms with Gasteiger partial charge in [-0.2, -0.15) is 0 Å². The van der Waals surface area contributed by atoms with Crippen molar-refractivity contribution in [1.29, 1.82) is 0 Å². The standard InChI is InChI=1S/C8H10Br4O2.ClH/c1-7(2)3(4(7)6(13)14)5(9)8(10,11)12;/h3-5H,1-2H3,(H,13,14);1H. The molecule has 0 bridgehead atoms. The Morgan fingerprint density at radius 1 is 1.40 bits per heavy atom. The third-order valence-corrected chi connectivity index (χ3v) is 7.38. The molecular weight excluding hydrogens is 483 g/mol. The first-order valence-corrected chi connectivity index (χ1v) is 7.33. The number of halogens is 5. The van der Waals surface area contributed by atoms with Crippen molar-refractivity contribution in [3.05, 3.63) is 0 Å². The highest BCUT2D eigenvalue weighted by Crippen LogP contribution is 2.65. The molecule has 0 saturated heterocycles. The zero-order valence-electron chi connectivity index (χ0n) is 8.01. The van der Waals surface area contributed by atoms with E-state index >= 15 is 0 Å². The normalized spacial score (nSPS) is 30.3. The minimum absolute atomic E-state index is 0. The van der Waals surface area contributed by atoms with Crippen molar-refractivity contribution in [1.82, 2.24) is 0 Å². The van der Waals surface area contributed by atoms with Crippen molar-refractivity contribution in [2.75, 3.05) is 0 Å². The summed E-state index contributed by atoms with van der Waals surface area (Å²) in [7, 11) is 0. The van der Waals surface area contributed by atoms with Crippen LogP contribution >= 0.6 is 76.1 Å². The predicted octanol–water partition coefficient (Wildman–Crippen LogP) is 4.37. The number of hydrogen-bond donors (Lipinski definition) is 1. The van der Waals surface area contributed by atoms with Gasteiger partial charge in [-0.1, -0.05) is 77.6 Å². The van der Waals surface area contributed by atoms with E-state index in [0.717, 1.165) is 0 Å². The van der Waals surface area contributed by atoms with Gasteiger partial charge in [-0.25, -0.2) is 0 Å². The average Bonchev–Trinajstić information content (AvgIpc) is 2.49. The van der Waals surface area contributed by atoms with Crippen molar-refractivity contribution in [3.63, 3.8) is 0 Å². The minimum Gasteiger partial charge on any atom is -0.481 e. The molecule has 0 radical (unpaired) electrons. The summed E-state index contributed by atoms with van der Waals surface area (Å²) in [4.78, 5) is 11.0. The summed E-state index contributed by atoms with van der Waals surface area (Å²) in [6, 6.07) is 0. The van der Waals surface area contributed by atoms with Crippen LogP contribution in [0.1, 0.15) is 13.8 Å². The molecule has 0 aromatic heterocycles. The molecule has 3 atom stereocenters.